The Balaban J connectivity index is 1.47. The van der Waals surface area contributed by atoms with Crippen molar-refractivity contribution in [1.82, 2.24) is 15.0 Å². The predicted octanol–water partition coefficient (Wildman–Crippen LogP) is 2.99. The molecule has 1 aliphatic heterocycles. The molecule has 0 spiro atoms. The fourth-order valence-electron chi connectivity index (χ4n) is 2.90. The Bertz CT molecular complexity index is 862. The number of nitrogens with one attached hydrogen (secondary N) is 1. The smallest absolute Gasteiger partial charge is 0.360 e. The van der Waals surface area contributed by atoms with Crippen molar-refractivity contribution < 1.29 is 27.3 Å². The highest BCUT2D eigenvalue weighted by Gasteiger charge is 2.29. The number of piperazine rings is 1. The van der Waals surface area contributed by atoms with E-state index in [0.29, 0.717) is 43.3 Å². The second-order valence-electron chi connectivity index (χ2n) is 6.51. The van der Waals surface area contributed by atoms with Crippen LogP contribution in [0.15, 0.2) is 39.8 Å². The molecule has 2 amide bonds. The molecule has 2 aromatic rings. The zero-order valence-electron chi connectivity index (χ0n) is 15.5. The first-order valence-corrected chi connectivity index (χ1v) is 9.62. The highest BCUT2D eigenvalue weighted by atomic mass is 32.2. The summed E-state index contributed by atoms with van der Waals surface area (Å²) in [5.41, 5.74) is -4.02. The Kier molecular flexibility index (Phi) is 6.48. The van der Waals surface area contributed by atoms with Crippen molar-refractivity contribution in [2.45, 2.75) is 17.3 Å². The van der Waals surface area contributed by atoms with Gasteiger partial charge in [-0.15, -0.1) is 0 Å². The van der Waals surface area contributed by atoms with E-state index < -0.39 is 5.51 Å². The van der Waals surface area contributed by atoms with Crippen LogP contribution in [-0.2, 0) is 4.79 Å². The first-order chi connectivity index (χ1) is 13.7. The van der Waals surface area contributed by atoms with E-state index >= 15 is 0 Å². The normalized spacial score (nSPS) is 15.4. The third kappa shape index (κ3) is 6.23. The van der Waals surface area contributed by atoms with Gasteiger partial charge in [0.05, 0.1) is 6.54 Å². The van der Waals surface area contributed by atoms with Gasteiger partial charge in [-0.05, 0) is 43.0 Å². The molecule has 0 unspecified atom stereocenters. The van der Waals surface area contributed by atoms with Gasteiger partial charge < -0.3 is 14.7 Å². The molecule has 1 aliphatic rings. The van der Waals surface area contributed by atoms with Crippen LogP contribution in [0.2, 0.25) is 0 Å². The Morgan fingerprint density at radius 1 is 1.17 bits per heavy atom. The van der Waals surface area contributed by atoms with Crippen LogP contribution < -0.4 is 5.32 Å². The lowest BCUT2D eigenvalue weighted by Gasteiger charge is -2.34. The molecule has 0 bridgehead atoms. The van der Waals surface area contributed by atoms with E-state index in [1.54, 1.807) is 17.9 Å². The third-order valence-electron chi connectivity index (χ3n) is 4.26. The molecule has 29 heavy (non-hydrogen) atoms. The van der Waals surface area contributed by atoms with E-state index in [0.717, 1.165) is 0 Å². The van der Waals surface area contributed by atoms with Gasteiger partial charge in [-0.3, -0.25) is 14.5 Å². The summed E-state index contributed by atoms with van der Waals surface area (Å²) in [4.78, 5) is 28.2. The number of hydrogen-bond acceptors (Lipinski definition) is 6. The molecule has 11 heteroatoms. The van der Waals surface area contributed by atoms with Crippen molar-refractivity contribution in [2.24, 2.45) is 0 Å². The molecule has 1 fully saturated rings. The summed E-state index contributed by atoms with van der Waals surface area (Å²) in [6, 6.07) is 6.99. The highest BCUT2D eigenvalue weighted by Crippen LogP contribution is 2.36. The van der Waals surface area contributed by atoms with Crippen LogP contribution in [0, 0.1) is 6.92 Å². The fourth-order valence-corrected chi connectivity index (χ4v) is 3.44. The van der Waals surface area contributed by atoms with Crippen molar-refractivity contribution in [3.05, 3.63) is 41.7 Å². The number of thioether (sulfide) groups is 1. The van der Waals surface area contributed by atoms with Gasteiger partial charge in [0.1, 0.15) is 5.76 Å². The fraction of sp³-hybridized carbons (Fsp3) is 0.389. The molecule has 3 rings (SSSR count). The summed E-state index contributed by atoms with van der Waals surface area (Å²) >= 11 is -0.215. The summed E-state index contributed by atoms with van der Waals surface area (Å²) in [6.45, 7) is 3.76. The minimum atomic E-state index is -4.36. The highest BCUT2D eigenvalue weighted by molar-refractivity contribution is 8.00. The van der Waals surface area contributed by atoms with Crippen molar-refractivity contribution in [2.75, 3.05) is 38.0 Å². The van der Waals surface area contributed by atoms with Crippen LogP contribution in [0.25, 0.3) is 0 Å². The zero-order valence-corrected chi connectivity index (χ0v) is 16.3. The molecule has 1 saturated heterocycles. The molecule has 0 saturated carbocycles. The number of benzene rings is 1. The quantitative estimate of drug-likeness (QED) is 0.738. The van der Waals surface area contributed by atoms with Crippen LogP contribution in [0.1, 0.15) is 16.1 Å². The molecular formula is C18H19F3N4O3S. The number of aromatic nitrogens is 1. The molecule has 7 nitrogen and oxygen atoms in total. The van der Waals surface area contributed by atoms with Gasteiger partial charge in [0.2, 0.25) is 5.91 Å². The van der Waals surface area contributed by atoms with Crippen LogP contribution in [0.3, 0.4) is 0 Å². The van der Waals surface area contributed by atoms with Gasteiger partial charge in [-0.25, -0.2) is 0 Å². The molecule has 1 aromatic heterocycles. The van der Waals surface area contributed by atoms with Crippen molar-refractivity contribution in [3.63, 3.8) is 0 Å². The molecule has 0 aliphatic carbocycles. The van der Waals surface area contributed by atoms with Crippen LogP contribution >= 0.6 is 11.8 Å². The predicted molar refractivity (Wildman–Crippen MR) is 101 cm³/mol. The second kappa shape index (κ2) is 8.87. The molecule has 1 N–H and O–H groups in total. The van der Waals surface area contributed by atoms with Crippen LogP contribution in [-0.4, -0.2) is 65.0 Å². The van der Waals surface area contributed by atoms with Gasteiger partial charge in [0, 0.05) is 42.7 Å². The van der Waals surface area contributed by atoms with E-state index in [1.807, 2.05) is 4.90 Å². The van der Waals surface area contributed by atoms with Crippen LogP contribution in [0.5, 0.6) is 0 Å². The second-order valence-corrected chi connectivity index (χ2v) is 7.65. The number of alkyl halides is 3. The average Bonchev–Trinajstić information content (AvgIpc) is 3.05. The maximum absolute atomic E-state index is 12.5. The number of carbonyl (C=O) groups excluding carboxylic acids is 2. The maximum Gasteiger partial charge on any atom is 0.446 e. The Morgan fingerprint density at radius 2 is 1.83 bits per heavy atom. The largest absolute Gasteiger partial charge is 0.446 e. The number of anilines is 1. The van der Waals surface area contributed by atoms with Gasteiger partial charge in [0.25, 0.3) is 5.91 Å². The SMILES string of the molecule is Cc1cc(NC(=O)CN2CCN(C(=O)c3ccc(SC(F)(F)F)cc3)CC2)no1. The summed E-state index contributed by atoms with van der Waals surface area (Å²) in [5, 5.41) is 6.34. The summed E-state index contributed by atoms with van der Waals surface area (Å²) in [7, 11) is 0. The van der Waals surface area contributed by atoms with Gasteiger partial charge in [-0.1, -0.05) is 5.16 Å². The lowest BCUT2D eigenvalue weighted by atomic mass is 10.2. The Hall–Kier alpha value is -2.53. The number of carbonyl (C=O) groups is 2. The molecule has 2 heterocycles. The average molecular weight is 428 g/mol. The first kappa shape index (κ1) is 21.2. The van der Waals surface area contributed by atoms with Gasteiger partial charge in [-0.2, -0.15) is 13.2 Å². The number of hydrogen-bond donors (Lipinski definition) is 1. The lowest BCUT2D eigenvalue weighted by Crippen LogP contribution is -2.50. The van der Waals surface area contributed by atoms with E-state index in [2.05, 4.69) is 10.5 Å². The van der Waals surface area contributed by atoms with E-state index in [-0.39, 0.29) is 35.0 Å². The summed E-state index contributed by atoms with van der Waals surface area (Å²) < 4.78 is 42.1. The number of halogens is 3. The van der Waals surface area contributed by atoms with Crippen molar-refractivity contribution >= 4 is 29.4 Å². The monoisotopic (exact) mass is 428 g/mol. The molecular weight excluding hydrogens is 409 g/mol. The third-order valence-corrected chi connectivity index (χ3v) is 5.00. The van der Waals surface area contributed by atoms with E-state index in [9.17, 15) is 22.8 Å². The van der Waals surface area contributed by atoms with Gasteiger partial charge >= 0.3 is 5.51 Å². The summed E-state index contributed by atoms with van der Waals surface area (Å²) in [6.07, 6.45) is 0. The summed E-state index contributed by atoms with van der Waals surface area (Å²) in [5.74, 6) is 0.484. The van der Waals surface area contributed by atoms with Crippen molar-refractivity contribution in [1.29, 1.82) is 0 Å². The molecule has 156 valence electrons. The maximum atomic E-state index is 12.5. The minimum absolute atomic E-state index is 0.0344. The molecule has 0 radical (unpaired) electrons. The van der Waals surface area contributed by atoms with E-state index in [1.165, 1.54) is 24.3 Å². The molecule has 1 aromatic carbocycles. The van der Waals surface area contributed by atoms with E-state index in [4.69, 9.17) is 4.52 Å². The van der Waals surface area contributed by atoms with Crippen LogP contribution in [0.4, 0.5) is 19.0 Å². The first-order valence-electron chi connectivity index (χ1n) is 8.80. The zero-order chi connectivity index (χ0) is 21.0. The minimum Gasteiger partial charge on any atom is -0.360 e. The van der Waals surface area contributed by atoms with Crippen molar-refractivity contribution in [3.8, 4) is 0 Å². The Morgan fingerprint density at radius 3 is 2.38 bits per heavy atom. The number of nitrogens with zero attached hydrogens (tertiary/aromatic N) is 3. The lowest BCUT2D eigenvalue weighted by molar-refractivity contribution is -0.117. The Labute approximate surface area is 169 Å². The topological polar surface area (TPSA) is 78.7 Å². The van der Waals surface area contributed by atoms with Gasteiger partial charge in [0.15, 0.2) is 5.82 Å². The number of aryl methyl sites for hydroxylation is 1. The number of amides is 2. The standard InChI is InChI=1S/C18H19F3N4O3S/c1-12-10-15(23-28-12)22-16(26)11-24-6-8-25(9-7-24)17(27)13-2-4-14(5-3-13)29-18(19,20)21/h2-5,10H,6-9,11H2,1H3,(H,22,23,26). The molecule has 0 atom stereocenters. The number of rotatable bonds is 5.